The second kappa shape index (κ2) is 20.6. The number of rotatable bonds is 20. The Morgan fingerprint density at radius 3 is 1.94 bits per heavy atom. The zero-order valence-corrected chi connectivity index (χ0v) is 19.1. The number of hydrogen-bond donors (Lipinski definition) is 5. The molecule has 0 aliphatic carbocycles. The molecule has 0 heterocycles. The zero-order valence-electron chi connectivity index (χ0n) is 19.1. The summed E-state index contributed by atoms with van der Waals surface area (Å²) in [5.74, 6) is -0.478. The van der Waals surface area contributed by atoms with E-state index in [0.717, 1.165) is 38.5 Å². The Hall–Kier alpha value is -1.25. The highest BCUT2D eigenvalue weighted by Crippen LogP contribution is 2.10. The molecule has 182 valence electrons. The molecule has 4 atom stereocenters. The van der Waals surface area contributed by atoms with E-state index >= 15 is 0 Å². The average molecular weight is 445 g/mol. The van der Waals surface area contributed by atoms with Crippen molar-refractivity contribution < 1.29 is 35.1 Å². The second-order valence-electron chi connectivity index (χ2n) is 7.96. The first-order valence-corrected chi connectivity index (χ1v) is 11.7. The largest absolute Gasteiger partial charge is 0.463 e. The van der Waals surface area contributed by atoms with Gasteiger partial charge >= 0.3 is 5.97 Å². The minimum Gasteiger partial charge on any atom is -0.463 e. The summed E-state index contributed by atoms with van der Waals surface area (Å²) < 4.78 is 4.89. The summed E-state index contributed by atoms with van der Waals surface area (Å²) in [4.78, 5) is 11.7. The Labute approximate surface area is 187 Å². The molecule has 0 radical (unpaired) electrons. The number of ether oxygens (including phenoxy) is 1. The van der Waals surface area contributed by atoms with Crippen LogP contribution in [0.5, 0.6) is 0 Å². The molecule has 31 heavy (non-hydrogen) atoms. The fourth-order valence-corrected chi connectivity index (χ4v) is 2.99. The van der Waals surface area contributed by atoms with E-state index < -0.39 is 43.6 Å². The first-order valence-electron chi connectivity index (χ1n) is 11.7. The van der Waals surface area contributed by atoms with E-state index in [4.69, 9.17) is 9.84 Å². The Morgan fingerprint density at radius 2 is 1.32 bits per heavy atom. The minimum atomic E-state index is -1.72. The molecule has 0 rings (SSSR count). The van der Waals surface area contributed by atoms with E-state index in [0.29, 0.717) is 6.42 Å². The van der Waals surface area contributed by atoms with Gasteiger partial charge in [-0.25, -0.2) is 0 Å². The van der Waals surface area contributed by atoms with Gasteiger partial charge in [-0.2, -0.15) is 0 Å². The summed E-state index contributed by atoms with van der Waals surface area (Å²) in [6, 6.07) is 0. The highest BCUT2D eigenvalue weighted by molar-refractivity contribution is 5.69. The van der Waals surface area contributed by atoms with E-state index in [1.165, 1.54) is 25.7 Å². The van der Waals surface area contributed by atoms with Gasteiger partial charge in [-0.15, -0.1) is 0 Å². The van der Waals surface area contributed by atoms with E-state index in [-0.39, 0.29) is 6.42 Å². The van der Waals surface area contributed by atoms with Crippen molar-refractivity contribution in [3.8, 4) is 0 Å². The maximum Gasteiger partial charge on any atom is 0.305 e. The van der Waals surface area contributed by atoms with Crippen LogP contribution in [0.25, 0.3) is 0 Å². The summed E-state index contributed by atoms with van der Waals surface area (Å²) in [6.07, 6.45) is 14.6. The molecule has 0 aliphatic heterocycles. The molecule has 0 unspecified atom stereocenters. The molecule has 0 aromatic heterocycles. The molecule has 0 spiro atoms. The Kier molecular flexibility index (Phi) is 19.8. The van der Waals surface area contributed by atoms with Crippen molar-refractivity contribution in [1.29, 1.82) is 0 Å². The van der Waals surface area contributed by atoms with Crippen LogP contribution in [0.4, 0.5) is 0 Å². The van der Waals surface area contributed by atoms with Crippen molar-refractivity contribution in [2.24, 2.45) is 0 Å². The van der Waals surface area contributed by atoms with Gasteiger partial charge in [0.2, 0.25) is 0 Å². The van der Waals surface area contributed by atoms with Gasteiger partial charge in [0.05, 0.1) is 6.61 Å². The van der Waals surface area contributed by atoms with Gasteiger partial charge in [0.1, 0.15) is 31.0 Å². The van der Waals surface area contributed by atoms with Crippen LogP contribution in [0, 0.1) is 0 Å². The fourth-order valence-electron chi connectivity index (χ4n) is 2.99. The zero-order chi connectivity index (χ0) is 23.3. The monoisotopic (exact) mass is 444 g/mol. The number of allylic oxidation sites excluding steroid dienone is 4. The van der Waals surface area contributed by atoms with Crippen LogP contribution in [0.2, 0.25) is 0 Å². The summed E-state index contributed by atoms with van der Waals surface area (Å²) >= 11 is 0. The summed E-state index contributed by atoms with van der Waals surface area (Å²) in [5.41, 5.74) is 0. The molecule has 0 bridgehead atoms. The predicted octanol–water partition coefficient (Wildman–Crippen LogP) is 2.78. The van der Waals surface area contributed by atoms with Gasteiger partial charge in [0.25, 0.3) is 0 Å². The molecule has 0 saturated carbocycles. The lowest BCUT2D eigenvalue weighted by Gasteiger charge is -2.25. The van der Waals surface area contributed by atoms with Crippen LogP contribution in [0.15, 0.2) is 24.3 Å². The Morgan fingerprint density at radius 1 is 0.774 bits per heavy atom. The highest BCUT2D eigenvalue weighted by Gasteiger charge is 2.30. The van der Waals surface area contributed by atoms with E-state index in [1.54, 1.807) is 0 Å². The third kappa shape index (κ3) is 17.0. The van der Waals surface area contributed by atoms with Crippen LogP contribution in [0.3, 0.4) is 0 Å². The summed E-state index contributed by atoms with van der Waals surface area (Å²) in [6.45, 7) is 0.985. The maximum atomic E-state index is 11.7. The molecule has 0 aromatic carbocycles. The minimum absolute atomic E-state index is 0.231. The van der Waals surface area contributed by atoms with Crippen molar-refractivity contribution in [3.05, 3.63) is 24.3 Å². The smallest absolute Gasteiger partial charge is 0.305 e. The first-order chi connectivity index (χ1) is 14.9. The average Bonchev–Trinajstić information content (AvgIpc) is 2.78. The van der Waals surface area contributed by atoms with Gasteiger partial charge in [0.15, 0.2) is 0 Å². The van der Waals surface area contributed by atoms with Crippen molar-refractivity contribution in [3.63, 3.8) is 0 Å². The van der Waals surface area contributed by atoms with Gasteiger partial charge in [0, 0.05) is 6.42 Å². The van der Waals surface area contributed by atoms with Gasteiger partial charge in [-0.1, -0.05) is 63.3 Å². The molecule has 0 amide bonds. The predicted molar refractivity (Wildman–Crippen MR) is 121 cm³/mol. The number of aliphatic hydroxyl groups is 5. The lowest BCUT2D eigenvalue weighted by atomic mass is 10.0. The number of carbonyl (C=O) groups is 1. The molecule has 5 N–H and O–H groups in total. The van der Waals surface area contributed by atoms with Crippen LogP contribution < -0.4 is 0 Å². The highest BCUT2D eigenvalue weighted by atomic mass is 16.5. The summed E-state index contributed by atoms with van der Waals surface area (Å²) in [5, 5.41) is 46.8. The van der Waals surface area contributed by atoms with E-state index in [2.05, 4.69) is 31.2 Å². The molecular formula is C24H44O7. The van der Waals surface area contributed by atoms with E-state index in [9.17, 15) is 25.2 Å². The number of carbonyl (C=O) groups excluding carboxylic acids is 1. The van der Waals surface area contributed by atoms with Crippen LogP contribution in [-0.4, -0.2) is 69.1 Å². The molecule has 0 fully saturated rings. The lowest BCUT2D eigenvalue weighted by molar-refractivity contribution is -0.156. The molecule has 0 aromatic rings. The first kappa shape index (κ1) is 29.8. The Balaban J connectivity index is 3.60. The SMILES string of the molecule is CCCCC/C=C\C/C=C\CCCCCCCC(=O)OC[C@@H](O)[C@@H](O)[C@H](O)[C@H](O)CO. The topological polar surface area (TPSA) is 127 Å². The quantitative estimate of drug-likeness (QED) is 0.111. The standard InChI is InChI=1S/C24H44O7/c1-2-3-4-5-6-7-8-9-10-11-12-13-14-15-16-17-22(28)31-19-21(27)24(30)23(29)20(26)18-25/h6-7,9-10,20-21,23-27,29-30H,2-5,8,11-19H2,1H3/b7-6-,10-9-/t20-,21-,23-,24-/m1/s1. The van der Waals surface area contributed by atoms with Crippen LogP contribution in [0.1, 0.15) is 84.0 Å². The number of unbranched alkanes of at least 4 members (excludes halogenated alkanes) is 8. The maximum absolute atomic E-state index is 11.7. The van der Waals surface area contributed by atoms with Gasteiger partial charge in [-0.3, -0.25) is 4.79 Å². The molecular weight excluding hydrogens is 400 g/mol. The lowest BCUT2D eigenvalue weighted by Crippen LogP contribution is -2.47. The van der Waals surface area contributed by atoms with Crippen LogP contribution >= 0.6 is 0 Å². The van der Waals surface area contributed by atoms with Crippen LogP contribution in [-0.2, 0) is 9.53 Å². The Bertz CT molecular complexity index is 479. The normalized spacial score (nSPS) is 15.9. The van der Waals surface area contributed by atoms with Crippen molar-refractivity contribution >= 4 is 5.97 Å². The van der Waals surface area contributed by atoms with Crippen molar-refractivity contribution in [2.75, 3.05) is 13.2 Å². The second-order valence-corrected chi connectivity index (χ2v) is 7.96. The van der Waals surface area contributed by atoms with Crippen molar-refractivity contribution in [2.45, 2.75) is 108 Å². The van der Waals surface area contributed by atoms with Gasteiger partial charge < -0.3 is 30.3 Å². The van der Waals surface area contributed by atoms with E-state index in [1.807, 2.05) is 0 Å². The summed E-state index contributed by atoms with van der Waals surface area (Å²) in [7, 11) is 0. The molecule has 7 nitrogen and oxygen atoms in total. The number of hydrogen-bond acceptors (Lipinski definition) is 7. The molecule has 0 saturated heterocycles. The third-order valence-corrected chi connectivity index (χ3v) is 5.07. The fraction of sp³-hybridized carbons (Fsp3) is 0.792. The molecule has 7 heteroatoms. The number of aliphatic hydroxyl groups excluding tert-OH is 5. The van der Waals surface area contributed by atoms with Crippen molar-refractivity contribution in [1.82, 2.24) is 0 Å². The van der Waals surface area contributed by atoms with Gasteiger partial charge in [-0.05, 0) is 38.5 Å². The third-order valence-electron chi connectivity index (χ3n) is 5.07. The number of esters is 1. The molecule has 0 aliphatic rings.